The quantitative estimate of drug-likeness (QED) is 0.732. The summed E-state index contributed by atoms with van der Waals surface area (Å²) >= 11 is 1.70. The van der Waals surface area contributed by atoms with Crippen LogP contribution in [0.2, 0.25) is 0 Å². The van der Waals surface area contributed by atoms with Crippen molar-refractivity contribution in [1.29, 1.82) is 0 Å². The standard InChI is InChI=1S/C18H21FN4S/c1-4-14-8-15-17(21-11-22-18(15)24-14)20-9-12-5-6-16(19)13(7-12)10-23(2)3/h5-8,11H,4,9-10H2,1-3H3,(H,20,21,22). The number of fused-ring (bicyclic) bond motifs is 1. The second-order valence-corrected chi connectivity index (χ2v) is 7.14. The van der Waals surface area contributed by atoms with Crippen molar-refractivity contribution in [2.75, 3.05) is 19.4 Å². The third-order valence-electron chi connectivity index (χ3n) is 3.79. The fourth-order valence-corrected chi connectivity index (χ4v) is 3.54. The maximum Gasteiger partial charge on any atom is 0.138 e. The van der Waals surface area contributed by atoms with Gasteiger partial charge in [0.15, 0.2) is 0 Å². The highest BCUT2D eigenvalue weighted by atomic mass is 32.1. The predicted octanol–water partition coefficient (Wildman–Crippen LogP) is 4.07. The van der Waals surface area contributed by atoms with Gasteiger partial charge in [-0.1, -0.05) is 13.0 Å². The van der Waals surface area contributed by atoms with Crippen molar-refractivity contribution >= 4 is 27.4 Å². The normalized spacial score (nSPS) is 11.4. The average Bonchev–Trinajstić information content (AvgIpc) is 2.99. The summed E-state index contributed by atoms with van der Waals surface area (Å²) in [4.78, 5) is 12.9. The lowest BCUT2D eigenvalue weighted by atomic mass is 10.1. The summed E-state index contributed by atoms with van der Waals surface area (Å²) in [7, 11) is 3.87. The van der Waals surface area contributed by atoms with Crippen LogP contribution in [0.15, 0.2) is 30.6 Å². The third kappa shape index (κ3) is 3.71. The number of aromatic nitrogens is 2. The van der Waals surface area contributed by atoms with Crippen molar-refractivity contribution in [2.24, 2.45) is 0 Å². The van der Waals surface area contributed by atoms with Gasteiger partial charge in [0, 0.05) is 23.5 Å². The van der Waals surface area contributed by atoms with E-state index in [-0.39, 0.29) is 5.82 Å². The van der Waals surface area contributed by atoms with Crippen LogP contribution in [0.3, 0.4) is 0 Å². The van der Waals surface area contributed by atoms with Gasteiger partial charge in [0.2, 0.25) is 0 Å². The van der Waals surface area contributed by atoms with Crippen molar-refractivity contribution in [1.82, 2.24) is 14.9 Å². The lowest BCUT2D eigenvalue weighted by molar-refractivity contribution is 0.392. The zero-order chi connectivity index (χ0) is 17.1. The van der Waals surface area contributed by atoms with Crippen molar-refractivity contribution in [2.45, 2.75) is 26.4 Å². The third-order valence-corrected chi connectivity index (χ3v) is 4.97. The number of halogens is 1. The van der Waals surface area contributed by atoms with Crippen LogP contribution in [0.5, 0.6) is 0 Å². The summed E-state index contributed by atoms with van der Waals surface area (Å²) < 4.78 is 13.9. The molecule has 3 rings (SSSR count). The van der Waals surface area contributed by atoms with E-state index < -0.39 is 0 Å². The molecule has 0 aliphatic heterocycles. The van der Waals surface area contributed by atoms with E-state index in [1.807, 2.05) is 31.1 Å². The molecular weight excluding hydrogens is 323 g/mol. The Morgan fingerprint density at radius 3 is 2.79 bits per heavy atom. The topological polar surface area (TPSA) is 41.0 Å². The fourth-order valence-electron chi connectivity index (χ4n) is 2.61. The smallest absolute Gasteiger partial charge is 0.138 e. The number of hydrogen-bond donors (Lipinski definition) is 1. The summed E-state index contributed by atoms with van der Waals surface area (Å²) in [5.41, 5.74) is 1.74. The molecule has 0 saturated heterocycles. The Hall–Kier alpha value is -2.05. The molecule has 0 aliphatic rings. The minimum atomic E-state index is -0.165. The van der Waals surface area contributed by atoms with Crippen LogP contribution in [0.25, 0.3) is 10.2 Å². The lowest BCUT2D eigenvalue weighted by Gasteiger charge is -2.12. The van der Waals surface area contributed by atoms with E-state index in [4.69, 9.17) is 0 Å². The molecule has 2 heterocycles. The molecule has 6 heteroatoms. The van der Waals surface area contributed by atoms with Gasteiger partial charge in [-0.2, -0.15) is 0 Å². The van der Waals surface area contributed by atoms with Crippen molar-refractivity contribution in [3.05, 3.63) is 52.4 Å². The minimum Gasteiger partial charge on any atom is -0.365 e. The van der Waals surface area contributed by atoms with Crippen LogP contribution in [-0.2, 0) is 19.5 Å². The molecule has 0 saturated carbocycles. The van der Waals surface area contributed by atoms with Crippen LogP contribution in [0.4, 0.5) is 10.2 Å². The molecule has 2 aromatic heterocycles. The Morgan fingerprint density at radius 2 is 2.04 bits per heavy atom. The van der Waals surface area contributed by atoms with E-state index in [0.717, 1.165) is 28.0 Å². The summed E-state index contributed by atoms with van der Waals surface area (Å²) in [6.45, 7) is 3.32. The van der Waals surface area contributed by atoms with Gasteiger partial charge in [-0.15, -0.1) is 11.3 Å². The first kappa shape index (κ1) is 16.8. The van der Waals surface area contributed by atoms with Crippen LogP contribution < -0.4 is 5.32 Å². The number of nitrogens with one attached hydrogen (secondary N) is 1. The zero-order valence-electron chi connectivity index (χ0n) is 14.1. The van der Waals surface area contributed by atoms with E-state index in [1.54, 1.807) is 17.7 Å². The first-order valence-electron chi connectivity index (χ1n) is 7.96. The minimum absolute atomic E-state index is 0.165. The highest BCUT2D eigenvalue weighted by Crippen LogP contribution is 2.28. The highest BCUT2D eigenvalue weighted by molar-refractivity contribution is 7.18. The van der Waals surface area contributed by atoms with Crippen molar-refractivity contribution < 1.29 is 4.39 Å². The van der Waals surface area contributed by atoms with Crippen LogP contribution in [0.1, 0.15) is 22.9 Å². The van der Waals surface area contributed by atoms with Gasteiger partial charge < -0.3 is 10.2 Å². The summed E-state index contributed by atoms with van der Waals surface area (Å²) in [5, 5.41) is 4.41. The van der Waals surface area contributed by atoms with E-state index in [9.17, 15) is 4.39 Å². The number of thiophene rings is 1. The number of anilines is 1. The number of rotatable bonds is 6. The van der Waals surface area contributed by atoms with E-state index in [1.165, 1.54) is 10.9 Å². The van der Waals surface area contributed by atoms with Gasteiger partial charge in [-0.3, -0.25) is 0 Å². The molecule has 0 bridgehead atoms. The van der Waals surface area contributed by atoms with Gasteiger partial charge in [0.05, 0.1) is 5.39 Å². The molecule has 1 N–H and O–H groups in total. The fraction of sp³-hybridized carbons (Fsp3) is 0.333. The SMILES string of the molecule is CCc1cc2c(NCc3ccc(F)c(CN(C)C)c3)ncnc2s1. The predicted molar refractivity (Wildman–Crippen MR) is 97.9 cm³/mol. The molecule has 3 aromatic rings. The maximum absolute atomic E-state index is 13.9. The first-order valence-corrected chi connectivity index (χ1v) is 8.77. The summed E-state index contributed by atoms with van der Waals surface area (Å²) in [6, 6.07) is 7.40. The Morgan fingerprint density at radius 1 is 1.21 bits per heavy atom. The number of hydrogen-bond acceptors (Lipinski definition) is 5. The van der Waals surface area contributed by atoms with Gasteiger partial charge >= 0.3 is 0 Å². The average molecular weight is 344 g/mol. The Kier molecular flexibility index (Phi) is 5.06. The number of benzene rings is 1. The molecule has 126 valence electrons. The molecule has 0 aliphatic carbocycles. The molecule has 1 aromatic carbocycles. The molecule has 0 atom stereocenters. The zero-order valence-corrected chi connectivity index (χ0v) is 15.0. The van der Waals surface area contributed by atoms with Gasteiger partial charge in [0.1, 0.15) is 22.8 Å². The molecular formula is C18H21FN4S. The Bertz CT molecular complexity index is 844. The second kappa shape index (κ2) is 7.23. The van der Waals surface area contributed by atoms with E-state index >= 15 is 0 Å². The summed E-state index contributed by atoms with van der Waals surface area (Å²) in [6.07, 6.45) is 2.58. The second-order valence-electron chi connectivity index (χ2n) is 6.02. The number of aryl methyl sites for hydroxylation is 1. The van der Waals surface area contributed by atoms with Crippen molar-refractivity contribution in [3.63, 3.8) is 0 Å². The van der Waals surface area contributed by atoms with Crippen LogP contribution in [0, 0.1) is 5.82 Å². The lowest BCUT2D eigenvalue weighted by Crippen LogP contribution is -2.12. The monoisotopic (exact) mass is 344 g/mol. The van der Waals surface area contributed by atoms with E-state index in [0.29, 0.717) is 18.7 Å². The Balaban J connectivity index is 1.80. The first-order chi connectivity index (χ1) is 11.6. The summed E-state index contributed by atoms with van der Waals surface area (Å²) in [5.74, 6) is 0.664. The molecule has 0 radical (unpaired) electrons. The highest BCUT2D eigenvalue weighted by Gasteiger charge is 2.09. The molecule has 0 spiro atoms. The molecule has 24 heavy (non-hydrogen) atoms. The number of nitrogens with zero attached hydrogens (tertiary/aromatic N) is 3. The van der Waals surface area contributed by atoms with Gasteiger partial charge in [-0.05, 0) is 44.3 Å². The van der Waals surface area contributed by atoms with Crippen LogP contribution >= 0.6 is 11.3 Å². The maximum atomic E-state index is 13.9. The largest absolute Gasteiger partial charge is 0.365 e. The van der Waals surface area contributed by atoms with Crippen molar-refractivity contribution in [3.8, 4) is 0 Å². The molecule has 4 nitrogen and oxygen atoms in total. The molecule has 0 unspecified atom stereocenters. The van der Waals surface area contributed by atoms with Gasteiger partial charge in [0.25, 0.3) is 0 Å². The van der Waals surface area contributed by atoms with Gasteiger partial charge in [-0.25, -0.2) is 14.4 Å². The molecule has 0 amide bonds. The van der Waals surface area contributed by atoms with E-state index in [2.05, 4.69) is 28.3 Å². The van der Waals surface area contributed by atoms with Crippen LogP contribution in [-0.4, -0.2) is 29.0 Å². The molecule has 0 fully saturated rings. The Labute approximate surface area is 145 Å².